The quantitative estimate of drug-likeness (QED) is 0.411. The highest BCUT2D eigenvalue weighted by Gasteiger charge is 2.39. The monoisotopic (exact) mass is 398 g/mol. The smallest absolute Gasteiger partial charge is 0.326 e. The van der Waals surface area contributed by atoms with E-state index < -0.39 is 41.8 Å². The Labute approximate surface area is 166 Å². The molecule has 1 rings (SSSR count). The van der Waals surface area contributed by atoms with Crippen LogP contribution in [0.2, 0.25) is 0 Å². The Morgan fingerprint density at radius 1 is 1.14 bits per heavy atom. The predicted octanol–water partition coefficient (Wildman–Crippen LogP) is 0.0825. The van der Waals surface area contributed by atoms with E-state index in [9.17, 15) is 24.3 Å². The number of hydrogen-bond acceptors (Lipinski definition) is 5. The number of aliphatic carboxylic acids is 1. The summed E-state index contributed by atoms with van der Waals surface area (Å²) in [6.07, 6.45) is 2.40. The van der Waals surface area contributed by atoms with Crippen LogP contribution in [-0.2, 0) is 19.2 Å². The average Bonchev–Trinajstić information content (AvgIpc) is 3.18. The summed E-state index contributed by atoms with van der Waals surface area (Å²) in [4.78, 5) is 50.0. The van der Waals surface area contributed by atoms with Gasteiger partial charge in [0, 0.05) is 6.54 Å². The van der Waals surface area contributed by atoms with Gasteiger partial charge in [0.05, 0.1) is 12.6 Å². The van der Waals surface area contributed by atoms with Crippen molar-refractivity contribution in [3.8, 4) is 0 Å². The third-order valence-corrected chi connectivity index (χ3v) is 5.60. The van der Waals surface area contributed by atoms with Gasteiger partial charge in [0.25, 0.3) is 0 Å². The predicted molar refractivity (Wildman–Crippen MR) is 104 cm³/mol. The lowest BCUT2D eigenvalue weighted by Gasteiger charge is -2.30. The second-order valence-electron chi connectivity index (χ2n) is 7.59. The SMILES string of the molecule is CCC(C)C(N)C(=O)NCC(=O)NC(C(=O)N1CCCC1C(=O)O)C(C)CC. The molecule has 1 aliphatic heterocycles. The van der Waals surface area contributed by atoms with Crippen LogP contribution in [0.25, 0.3) is 0 Å². The van der Waals surface area contributed by atoms with Crippen LogP contribution in [-0.4, -0.2) is 64.9 Å². The summed E-state index contributed by atoms with van der Waals surface area (Å²) in [6.45, 7) is 7.58. The van der Waals surface area contributed by atoms with Crippen LogP contribution in [0.1, 0.15) is 53.4 Å². The van der Waals surface area contributed by atoms with E-state index in [-0.39, 0.29) is 18.4 Å². The minimum absolute atomic E-state index is 0.0133. The molecule has 0 aromatic rings. The van der Waals surface area contributed by atoms with Crippen molar-refractivity contribution in [2.45, 2.75) is 71.5 Å². The van der Waals surface area contributed by atoms with Crippen molar-refractivity contribution >= 4 is 23.7 Å². The molecule has 1 heterocycles. The molecule has 9 heteroatoms. The van der Waals surface area contributed by atoms with E-state index in [1.54, 1.807) is 0 Å². The van der Waals surface area contributed by atoms with Gasteiger partial charge in [-0.15, -0.1) is 0 Å². The molecule has 0 saturated carbocycles. The molecule has 28 heavy (non-hydrogen) atoms. The molecule has 1 aliphatic rings. The number of nitrogens with zero attached hydrogens (tertiary/aromatic N) is 1. The van der Waals surface area contributed by atoms with Crippen molar-refractivity contribution < 1.29 is 24.3 Å². The Morgan fingerprint density at radius 2 is 1.75 bits per heavy atom. The van der Waals surface area contributed by atoms with Gasteiger partial charge in [0.1, 0.15) is 12.1 Å². The van der Waals surface area contributed by atoms with Crippen molar-refractivity contribution in [1.29, 1.82) is 0 Å². The number of carboxylic acids is 1. The number of rotatable bonds is 10. The molecule has 0 aromatic heterocycles. The summed E-state index contributed by atoms with van der Waals surface area (Å²) in [5.74, 6) is -2.54. The molecule has 0 bridgehead atoms. The summed E-state index contributed by atoms with van der Waals surface area (Å²) < 4.78 is 0. The Bertz CT molecular complexity index is 583. The van der Waals surface area contributed by atoms with E-state index in [4.69, 9.17) is 5.73 Å². The van der Waals surface area contributed by atoms with Gasteiger partial charge in [0.15, 0.2) is 0 Å². The normalized spacial score (nSPS) is 20.8. The topological polar surface area (TPSA) is 142 Å². The molecule has 0 aromatic carbocycles. The minimum atomic E-state index is -1.04. The minimum Gasteiger partial charge on any atom is -0.480 e. The highest BCUT2D eigenvalue weighted by molar-refractivity contribution is 5.93. The summed E-state index contributed by atoms with van der Waals surface area (Å²) in [5.41, 5.74) is 5.84. The number of carbonyl (C=O) groups is 4. The Balaban J connectivity index is 2.73. The lowest BCUT2D eigenvalue weighted by Crippen LogP contribution is -2.56. The van der Waals surface area contributed by atoms with Gasteiger partial charge in [-0.2, -0.15) is 0 Å². The Morgan fingerprint density at radius 3 is 2.29 bits per heavy atom. The fourth-order valence-electron chi connectivity index (χ4n) is 3.17. The Hall–Kier alpha value is -2.16. The van der Waals surface area contributed by atoms with Gasteiger partial charge in [-0.25, -0.2) is 4.79 Å². The van der Waals surface area contributed by atoms with Gasteiger partial charge in [-0.1, -0.05) is 40.5 Å². The van der Waals surface area contributed by atoms with Crippen molar-refractivity contribution in [1.82, 2.24) is 15.5 Å². The molecule has 5 atom stereocenters. The first-order valence-electron chi connectivity index (χ1n) is 9.99. The molecule has 9 nitrogen and oxygen atoms in total. The fourth-order valence-corrected chi connectivity index (χ4v) is 3.17. The molecule has 5 unspecified atom stereocenters. The summed E-state index contributed by atoms with van der Waals surface area (Å²) in [7, 11) is 0. The molecule has 1 fully saturated rings. The first-order chi connectivity index (χ1) is 13.1. The van der Waals surface area contributed by atoms with Crippen LogP contribution in [0.5, 0.6) is 0 Å². The van der Waals surface area contributed by atoms with Crippen molar-refractivity contribution in [2.75, 3.05) is 13.1 Å². The Kier molecular flexibility index (Phi) is 9.37. The number of amides is 3. The highest BCUT2D eigenvalue weighted by atomic mass is 16.4. The third kappa shape index (κ3) is 6.19. The lowest BCUT2D eigenvalue weighted by atomic mass is 9.97. The maximum atomic E-state index is 12.9. The molecule has 160 valence electrons. The highest BCUT2D eigenvalue weighted by Crippen LogP contribution is 2.21. The molecule has 0 spiro atoms. The van der Waals surface area contributed by atoms with Crippen molar-refractivity contribution in [3.05, 3.63) is 0 Å². The molecular formula is C19H34N4O5. The van der Waals surface area contributed by atoms with Gasteiger partial charge >= 0.3 is 5.97 Å². The molecule has 1 saturated heterocycles. The van der Waals surface area contributed by atoms with Gasteiger partial charge in [-0.3, -0.25) is 14.4 Å². The maximum absolute atomic E-state index is 12.9. The van der Waals surface area contributed by atoms with E-state index in [0.717, 1.165) is 6.42 Å². The first-order valence-corrected chi connectivity index (χ1v) is 9.99. The zero-order valence-electron chi connectivity index (χ0n) is 17.2. The van der Waals surface area contributed by atoms with Gasteiger partial charge in [-0.05, 0) is 24.7 Å². The van der Waals surface area contributed by atoms with Gasteiger partial charge in [0.2, 0.25) is 17.7 Å². The molecule has 3 amide bonds. The van der Waals surface area contributed by atoms with Crippen molar-refractivity contribution in [3.63, 3.8) is 0 Å². The summed E-state index contributed by atoms with van der Waals surface area (Å²) in [5, 5.41) is 14.5. The van der Waals surface area contributed by atoms with E-state index in [1.807, 2.05) is 27.7 Å². The van der Waals surface area contributed by atoms with Crippen LogP contribution < -0.4 is 16.4 Å². The molecular weight excluding hydrogens is 364 g/mol. The van der Waals surface area contributed by atoms with E-state index in [0.29, 0.717) is 25.8 Å². The number of likely N-dealkylation sites (tertiary alicyclic amines) is 1. The second kappa shape index (κ2) is 11.0. The molecule has 5 N–H and O–H groups in total. The number of carboxylic acid groups (broad SMARTS) is 1. The zero-order chi connectivity index (χ0) is 21.4. The van der Waals surface area contributed by atoms with Crippen LogP contribution in [0.3, 0.4) is 0 Å². The third-order valence-electron chi connectivity index (χ3n) is 5.60. The van der Waals surface area contributed by atoms with Crippen molar-refractivity contribution in [2.24, 2.45) is 17.6 Å². The first kappa shape index (κ1) is 23.9. The largest absolute Gasteiger partial charge is 0.480 e. The van der Waals surface area contributed by atoms with Crippen LogP contribution in [0.4, 0.5) is 0 Å². The number of nitrogens with one attached hydrogen (secondary N) is 2. The zero-order valence-corrected chi connectivity index (χ0v) is 17.2. The van der Waals surface area contributed by atoms with Gasteiger partial charge < -0.3 is 26.4 Å². The van der Waals surface area contributed by atoms with Crippen LogP contribution in [0.15, 0.2) is 0 Å². The molecule has 0 aliphatic carbocycles. The summed E-state index contributed by atoms with van der Waals surface area (Å²) >= 11 is 0. The fraction of sp³-hybridized carbons (Fsp3) is 0.789. The van der Waals surface area contributed by atoms with E-state index in [2.05, 4.69) is 10.6 Å². The summed E-state index contributed by atoms with van der Waals surface area (Å²) in [6, 6.07) is -2.40. The van der Waals surface area contributed by atoms with Crippen LogP contribution >= 0.6 is 0 Å². The van der Waals surface area contributed by atoms with E-state index in [1.165, 1.54) is 4.90 Å². The average molecular weight is 399 g/mol. The number of hydrogen-bond donors (Lipinski definition) is 4. The number of carbonyl (C=O) groups excluding carboxylic acids is 3. The van der Waals surface area contributed by atoms with E-state index >= 15 is 0 Å². The second-order valence-corrected chi connectivity index (χ2v) is 7.59. The lowest BCUT2D eigenvalue weighted by molar-refractivity contribution is -0.150. The van der Waals surface area contributed by atoms with Crippen LogP contribution in [0, 0.1) is 11.8 Å². The molecule has 0 radical (unpaired) electrons. The maximum Gasteiger partial charge on any atom is 0.326 e. The number of nitrogens with two attached hydrogens (primary N) is 1. The standard InChI is InChI=1S/C19H34N4O5/c1-5-11(3)15(20)17(25)21-10-14(24)22-16(12(4)6-2)18(26)23-9-7-8-13(23)19(27)28/h11-13,15-16H,5-10,20H2,1-4H3,(H,21,25)(H,22,24)(H,27,28).